The lowest BCUT2D eigenvalue weighted by Crippen LogP contribution is -2.53. The molecule has 3 unspecified atom stereocenters. The van der Waals surface area contributed by atoms with Gasteiger partial charge in [0.15, 0.2) is 11.6 Å². The van der Waals surface area contributed by atoms with Gasteiger partial charge in [0.25, 0.3) is 0 Å². The summed E-state index contributed by atoms with van der Waals surface area (Å²) in [5.41, 5.74) is -0.864. The zero-order valence-electron chi connectivity index (χ0n) is 26.4. The molecule has 3 amide bonds. The standard InChI is InChI=1S/C33H49N3O6/c1-22(2)19-24(27(37)20-23-13-9-8-10-14-23)34-30(40)33(6,7)21-28(38)25-15-11-17-35(25)29(39)26-16-12-18-36(26)31(41)42-32(3,4)5/h8-10,13-14,22,24-26H,11-12,15-21H2,1-7H3,(H,34,40). The maximum atomic E-state index is 13.6. The molecule has 2 fully saturated rings. The zero-order chi connectivity index (χ0) is 31.2. The van der Waals surface area contributed by atoms with Gasteiger partial charge >= 0.3 is 6.09 Å². The fraction of sp³-hybridized carbons (Fsp3) is 0.667. The van der Waals surface area contributed by atoms with Crippen LogP contribution < -0.4 is 5.32 Å². The topological polar surface area (TPSA) is 113 Å². The fourth-order valence-electron chi connectivity index (χ4n) is 5.77. The molecule has 0 aromatic heterocycles. The Kier molecular flexibility index (Phi) is 11.0. The van der Waals surface area contributed by atoms with Gasteiger partial charge in [0, 0.05) is 25.9 Å². The molecule has 2 aliphatic heterocycles. The van der Waals surface area contributed by atoms with Gasteiger partial charge in [-0.2, -0.15) is 0 Å². The first-order valence-corrected chi connectivity index (χ1v) is 15.3. The Bertz CT molecular complexity index is 1140. The van der Waals surface area contributed by atoms with E-state index in [2.05, 4.69) is 5.32 Å². The van der Waals surface area contributed by atoms with Crippen molar-refractivity contribution < 1.29 is 28.7 Å². The summed E-state index contributed by atoms with van der Waals surface area (Å²) in [5, 5.41) is 2.94. The first kappa shape index (κ1) is 33.3. The van der Waals surface area contributed by atoms with E-state index in [0.29, 0.717) is 45.2 Å². The molecule has 0 aliphatic carbocycles. The molecule has 3 rings (SSSR count). The Morgan fingerprint density at radius 3 is 2.10 bits per heavy atom. The lowest BCUT2D eigenvalue weighted by molar-refractivity contribution is -0.143. The molecule has 9 nitrogen and oxygen atoms in total. The highest BCUT2D eigenvalue weighted by molar-refractivity contribution is 5.97. The maximum absolute atomic E-state index is 13.6. The number of nitrogens with zero attached hydrogens (tertiary/aromatic N) is 2. The van der Waals surface area contributed by atoms with Crippen LogP contribution in [-0.2, 0) is 30.3 Å². The van der Waals surface area contributed by atoms with Crippen LogP contribution in [0.3, 0.4) is 0 Å². The molecule has 0 spiro atoms. The highest BCUT2D eigenvalue weighted by Gasteiger charge is 2.44. The number of hydrogen-bond acceptors (Lipinski definition) is 6. The maximum Gasteiger partial charge on any atom is 0.410 e. The van der Waals surface area contributed by atoms with E-state index in [1.807, 2.05) is 44.2 Å². The van der Waals surface area contributed by atoms with E-state index < -0.39 is 35.2 Å². The van der Waals surface area contributed by atoms with Crippen molar-refractivity contribution in [3.8, 4) is 0 Å². The van der Waals surface area contributed by atoms with Crippen LogP contribution in [0.4, 0.5) is 4.79 Å². The summed E-state index contributed by atoms with van der Waals surface area (Å²) in [6, 6.07) is 7.48. The SMILES string of the molecule is CC(C)CC(NC(=O)C(C)(C)CC(=O)C1CCCN1C(=O)C1CCCN1C(=O)OC(C)(C)C)C(=O)Cc1ccccc1. The van der Waals surface area contributed by atoms with Gasteiger partial charge in [-0.3, -0.25) is 24.1 Å². The van der Waals surface area contributed by atoms with Crippen LogP contribution >= 0.6 is 0 Å². The zero-order valence-corrected chi connectivity index (χ0v) is 26.4. The number of likely N-dealkylation sites (tertiary alicyclic amines) is 2. The molecule has 9 heteroatoms. The van der Waals surface area contributed by atoms with Crippen molar-refractivity contribution in [2.24, 2.45) is 11.3 Å². The number of rotatable bonds is 11. The second kappa shape index (κ2) is 13.8. The largest absolute Gasteiger partial charge is 0.444 e. The summed E-state index contributed by atoms with van der Waals surface area (Å²) in [5.74, 6) is -0.651. The summed E-state index contributed by atoms with van der Waals surface area (Å²) < 4.78 is 5.52. The van der Waals surface area contributed by atoms with Crippen LogP contribution in [0, 0.1) is 11.3 Å². The van der Waals surface area contributed by atoms with E-state index in [4.69, 9.17) is 4.74 Å². The highest BCUT2D eigenvalue weighted by Crippen LogP contribution is 2.30. The van der Waals surface area contributed by atoms with Crippen LogP contribution in [0.5, 0.6) is 0 Å². The first-order chi connectivity index (χ1) is 19.6. The van der Waals surface area contributed by atoms with Crippen molar-refractivity contribution >= 4 is 29.5 Å². The molecule has 2 aliphatic rings. The predicted molar refractivity (Wildman–Crippen MR) is 161 cm³/mol. The summed E-state index contributed by atoms with van der Waals surface area (Å²) in [6.45, 7) is 13.6. The van der Waals surface area contributed by atoms with Crippen molar-refractivity contribution in [2.45, 2.75) is 117 Å². The number of nitrogens with one attached hydrogen (secondary N) is 1. The molecule has 1 N–H and O–H groups in total. The number of ketones is 2. The normalized spacial score (nSPS) is 20.0. The molecule has 2 heterocycles. The lowest BCUT2D eigenvalue weighted by atomic mass is 9.83. The lowest BCUT2D eigenvalue weighted by Gasteiger charge is -2.33. The van der Waals surface area contributed by atoms with Gasteiger partial charge in [-0.15, -0.1) is 0 Å². The van der Waals surface area contributed by atoms with E-state index in [9.17, 15) is 24.0 Å². The van der Waals surface area contributed by atoms with E-state index in [0.717, 1.165) is 5.56 Å². The Morgan fingerprint density at radius 2 is 1.50 bits per heavy atom. The molecule has 3 atom stereocenters. The molecule has 2 saturated heterocycles. The Hall–Kier alpha value is -3.23. The number of hydrogen-bond donors (Lipinski definition) is 1. The smallest absolute Gasteiger partial charge is 0.410 e. The van der Waals surface area contributed by atoms with Crippen molar-refractivity contribution in [1.82, 2.24) is 15.1 Å². The van der Waals surface area contributed by atoms with Crippen LogP contribution in [-0.4, -0.2) is 76.1 Å². The molecule has 0 bridgehead atoms. The summed E-state index contributed by atoms with van der Waals surface area (Å²) in [6.07, 6.45) is 2.56. The van der Waals surface area contributed by atoms with Crippen LogP contribution in [0.25, 0.3) is 0 Å². The predicted octanol–water partition coefficient (Wildman–Crippen LogP) is 4.71. The van der Waals surface area contributed by atoms with Gasteiger partial charge < -0.3 is 15.0 Å². The molecule has 42 heavy (non-hydrogen) atoms. The molecule has 1 aromatic rings. The van der Waals surface area contributed by atoms with Gasteiger partial charge in [0.2, 0.25) is 11.8 Å². The monoisotopic (exact) mass is 583 g/mol. The van der Waals surface area contributed by atoms with E-state index >= 15 is 0 Å². The quantitative estimate of drug-likeness (QED) is 0.404. The van der Waals surface area contributed by atoms with E-state index in [1.165, 1.54) is 4.90 Å². The van der Waals surface area contributed by atoms with Crippen LogP contribution in [0.2, 0.25) is 0 Å². The summed E-state index contributed by atoms with van der Waals surface area (Å²) in [7, 11) is 0. The third kappa shape index (κ3) is 8.88. The summed E-state index contributed by atoms with van der Waals surface area (Å²) in [4.78, 5) is 69.7. The average Bonchev–Trinajstić information content (AvgIpc) is 3.57. The van der Waals surface area contributed by atoms with Crippen LogP contribution in [0.1, 0.15) is 92.6 Å². The number of benzene rings is 1. The third-order valence-electron chi connectivity index (χ3n) is 7.93. The summed E-state index contributed by atoms with van der Waals surface area (Å²) >= 11 is 0. The fourth-order valence-corrected chi connectivity index (χ4v) is 5.77. The second-order valence-corrected chi connectivity index (χ2v) is 13.8. The number of ether oxygens (including phenoxy) is 1. The van der Waals surface area contributed by atoms with Crippen molar-refractivity contribution in [3.63, 3.8) is 0 Å². The molecule has 0 saturated carbocycles. The average molecular weight is 584 g/mol. The minimum absolute atomic E-state index is 0.0605. The minimum Gasteiger partial charge on any atom is -0.444 e. The molecular formula is C33H49N3O6. The second-order valence-electron chi connectivity index (χ2n) is 13.8. The third-order valence-corrected chi connectivity index (χ3v) is 7.93. The van der Waals surface area contributed by atoms with E-state index in [1.54, 1.807) is 39.5 Å². The van der Waals surface area contributed by atoms with Gasteiger partial charge in [0.1, 0.15) is 11.6 Å². The molecule has 0 radical (unpaired) electrons. The Labute approximate surface area is 250 Å². The van der Waals surface area contributed by atoms with Crippen LogP contribution in [0.15, 0.2) is 30.3 Å². The number of carbonyl (C=O) groups is 5. The number of carbonyl (C=O) groups excluding carboxylic acids is 5. The minimum atomic E-state index is -1.08. The van der Waals surface area contributed by atoms with Gasteiger partial charge in [-0.1, -0.05) is 58.0 Å². The molecule has 1 aromatic carbocycles. The highest BCUT2D eigenvalue weighted by atomic mass is 16.6. The van der Waals surface area contributed by atoms with Gasteiger partial charge in [-0.05, 0) is 64.4 Å². The van der Waals surface area contributed by atoms with Gasteiger partial charge in [0.05, 0.1) is 17.5 Å². The number of Topliss-reactive ketones (excluding diaryl/α,β-unsaturated/α-hetero) is 2. The van der Waals surface area contributed by atoms with Crippen molar-refractivity contribution in [3.05, 3.63) is 35.9 Å². The van der Waals surface area contributed by atoms with E-state index in [-0.39, 0.29) is 42.1 Å². The van der Waals surface area contributed by atoms with Crippen molar-refractivity contribution in [1.29, 1.82) is 0 Å². The molecule has 232 valence electrons. The molecular weight excluding hydrogens is 534 g/mol. The first-order valence-electron chi connectivity index (χ1n) is 15.3. The Balaban J connectivity index is 1.66. The van der Waals surface area contributed by atoms with Gasteiger partial charge in [-0.25, -0.2) is 4.79 Å². The number of amides is 3. The van der Waals surface area contributed by atoms with Crippen molar-refractivity contribution in [2.75, 3.05) is 13.1 Å². The Morgan fingerprint density at radius 1 is 0.905 bits per heavy atom.